The summed E-state index contributed by atoms with van der Waals surface area (Å²) in [5.41, 5.74) is 0.942. The number of para-hydroxylation sites is 2. The van der Waals surface area contributed by atoms with Gasteiger partial charge in [-0.25, -0.2) is 0 Å². The third-order valence-corrected chi connectivity index (χ3v) is 2.45. The molecule has 16 heavy (non-hydrogen) atoms. The second-order valence-electron chi connectivity index (χ2n) is 3.27. The molecule has 1 aromatic heterocycles. The van der Waals surface area contributed by atoms with Crippen molar-refractivity contribution in [3.63, 3.8) is 0 Å². The van der Waals surface area contributed by atoms with Gasteiger partial charge in [-0.15, -0.1) is 0 Å². The zero-order valence-corrected chi connectivity index (χ0v) is 10.0. The Morgan fingerprint density at radius 3 is 2.81 bits per heavy atom. The molecule has 0 radical (unpaired) electrons. The molecule has 0 unspecified atom stereocenters. The molecule has 0 fully saturated rings. The average molecular weight is 280 g/mol. The second kappa shape index (κ2) is 4.99. The maximum Gasteiger partial charge on any atom is 0.161 e. The summed E-state index contributed by atoms with van der Waals surface area (Å²) in [5.74, 6) is 0.618. The third kappa shape index (κ3) is 2.73. The lowest BCUT2D eigenvalue weighted by molar-refractivity contribution is 0.288. The van der Waals surface area contributed by atoms with Crippen molar-refractivity contribution in [1.82, 2.24) is 4.98 Å². The highest BCUT2D eigenvalue weighted by Crippen LogP contribution is 2.25. The molecule has 1 N–H and O–H groups in total. The van der Waals surface area contributed by atoms with Crippen LogP contribution in [0.4, 0.5) is 0 Å². The van der Waals surface area contributed by atoms with Crippen LogP contribution in [-0.4, -0.2) is 10.1 Å². The van der Waals surface area contributed by atoms with E-state index < -0.39 is 0 Å². The van der Waals surface area contributed by atoms with Gasteiger partial charge in [0.25, 0.3) is 0 Å². The van der Waals surface area contributed by atoms with Crippen LogP contribution in [0, 0.1) is 0 Å². The maximum absolute atomic E-state index is 9.49. The number of hydrogen-bond donors (Lipinski definition) is 1. The first-order valence-electron chi connectivity index (χ1n) is 4.76. The zero-order valence-electron chi connectivity index (χ0n) is 8.43. The van der Waals surface area contributed by atoms with Crippen LogP contribution in [0.5, 0.6) is 11.5 Å². The normalized spacial score (nSPS) is 10.1. The lowest BCUT2D eigenvalue weighted by Crippen LogP contribution is -1.96. The predicted octanol–water partition coefficient (Wildman–Crippen LogP) is 3.13. The largest absolute Gasteiger partial charge is 0.504 e. The molecule has 4 heteroatoms. The molecule has 0 aliphatic rings. The Hall–Kier alpha value is -1.55. The average Bonchev–Trinajstić information content (AvgIpc) is 2.28. The van der Waals surface area contributed by atoms with E-state index in [1.165, 1.54) is 0 Å². The Bertz CT molecular complexity index is 488. The molecule has 1 heterocycles. The molecule has 2 rings (SSSR count). The van der Waals surface area contributed by atoms with E-state index in [-0.39, 0.29) is 5.75 Å². The summed E-state index contributed by atoms with van der Waals surface area (Å²) in [5, 5.41) is 9.49. The van der Waals surface area contributed by atoms with Crippen molar-refractivity contribution in [3.8, 4) is 11.5 Å². The maximum atomic E-state index is 9.49. The molecule has 0 spiro atoms. The van der Waals surface area contributed by atoms with E-state index in [4.69, 9.17) is 4.74 Å². The molecule has 0 aliphatic heterocycles. The van der Waals surface area contributed by atoms with Crippen LogP contribution >= 0.6 is 15.9 Å². The molecule has 0 bridgehead atoms. The third-order valence-electron chi connectivity index (χ3n) is 2.02. The van der Waals surface area contributed by atoms with E-state index in [0.29, 0.717) is 12.4 Å². The summed E-state index contributed by atoms with van der Waals surface area (Å²) in [6.07, 6.45) is 3.44. The van der Waals surface area contributed by atoms with Gasteiger partial charge >= 0.3 is 0 Å². The smallest absolute Gasteiger partial charge is 0.161 e. The van der Waals surface area contributed by atoms with Crippen molar-refractivity contribution >= 4 is 15.9 Å². The van der Waals surface area contributed by atoms with Crippen molar-refractivity contribution in [2.75, 3.05) is 0 Å². The Kier molecular flexibility index (Phi) is 3.41. The fraction of sp³-hybridized carbons (Fsp3) is 0.0833. The van der Waals surface area contributed by atoms with Crippen LogP contribution in [0.2, 0.25) is 0 Å². The highest BCUT2D eigenvalue weighted by molar-refractivity contribution is 9.10. The number of hydrogen-bond acceptors (Lipinski definition) is 3. The first-order chi connectivity index (χ1) is 7.75. The summed E-state index contributed by atoms with van der Waals surface area (Å²) in [7, 11) is 0. The molecule has 2 aromatic rings. The van der Waals surface area contributed by atoms with Gasteiger partial charge in [-0.2, -0.15) is 0 Å². The fourth-order valence-corrected chi connectivity index (χ4v) is 1.69. The van der Waals surface area contributed by atoms with Gasteiger partial charge in [0.1, 0.15) is 6.61 Å². The van der Waals surface area contributed by atoms with E-state index in [0.717, 1.165) is 10.0 Å². The Balaban J connectivity index is 2.05. The summed E-state index contributed by atoms with van der Waals surface area (Å²) >= 11 is 3.34. The summed E-state index contributed by atoms with van der Waals surface area (Å²) in [6, 6.07) is 8.80. The van der Waals surface area contributed by atoms with E-state index >= 15 is 0 Å². The quantitative estimate of drug-likeness (QED) is 0.939. The molecule has 0 saturated heterocycles. The highest BCUT2D eigenvalue weighted by Gasteiger charge is 2.01. The topological polar surface area (TPSA) is 42.4 Å². The van der Waals surface area contributed by atoms with Gasteiger partial charge in [0.05, 0.1) is 0 Å². The van der Waals surface area contributed by atoms with Crippen molar-refractivity contribution in [1.29, 1.82) is 0 Å². The zero-order chi connectivity index (χ0) is 11.4. The lowest BCUT2D eigenvalue weighted by atomic mass is 10.3. The molecule has 0 atom stereocenters. The predicted molar refractivity (Wildman–Crippen MR) is 64.4 cm³/mol. The van der Waals surface area contributed by atoms with Crippen molar-refractivity contribution in [2.24, 2.45) is 0 Å². The number of pyridine rings is 1. The van der Waals surface area contributed by atoms with Gasteiger partial charge in [0.15, 0.2) is 11.5 Å². The SMILES string of the molecule is Oc1ccccc1OCc1cncc(Br)c1. The van der Waals surface area contributed by atoms with Crippen LogP contribution in [0.25, 0.3) is 0 Å². The van der Waals surface area contributed by atoms with E-state index in [1.54, 1.807) is 30.6 Å². The first-order valence-corrected chi connectivity index (χ1v) is 5.55. The number of aromatic nitrogens is 1. The van der Waals surface area contributed by atoms with Gasteiger partial charge in [-0.3, -0.25) is 4.98 Å². The number of benzene rings is 1. The second-order valence-corrected chi connectivity index (χ2v) is 4.18. The van der Waals surface area contributed by atoms with Crippen molar-refractivity contribution in [2.45, 2.75) is 6.61 Å². The molecular formula is C12H10BrNO2. The van der Waals surface area contributed by atoms with Crippen LogP contribution in [0.3, 0.4) is 0 Å². The lowest BCUT2D eigenvalue weighted by Gasteiger charge is -2.07. The van der Waals surface area contributed by atoms with Gasteiger partial charge in [-0.1, -0.05) is 12.1 Å². The van der Waals surface area contributed by atoms with Gasteiger partial charge in [0.2, 0.25) is 0 Å². The highest BCUT2D eigenvalue weighted by atomic mass is 79.9. The summed E-state index contributed by atoms with van der Waals surface area (Å²) < 4.78 is 6.38. The number of phenols is 1. The van der Waals surface area contributed by atoms with Crippen LogP contribution in [0.15, 0.2) is 47.2 Å². The van der Waals surface area contributed by atoms with E-state index in [1.807, 2.05) is 12.1 Å². The van der Waals surface area contributed by atoms with Crippen molar-refractivity contribution in [3.05, 3.63) is 52.8 Å². The molecule has 0 amide bonds. The Morgan fingerprint density at radius 2 is 2.06 bits per heavy atom. The number of nitrogens with zero attached hydrogens (tertiary/aromatic N) is 1. The molecule has 82 valence electrons. The molecule has 0 saturated carbocycles. The van der Waals surface area contributed by atoms with E-state index in [9.17, 15) is 5.11 Å². The summed E-state index contributed by atoms with van der Waals surface area (Å²) in [4.78, 5) is 4.03. The number of halogens is 1. The van der Waals surface area contributed by atoms with Gasteiger partial charge in [0, 0.05) is 22.4 Å². The van der Waals surface area contributed by atoms with E-state index in [2.05, 4.69) is 20.9 Å². The molecule has 1 aromatic carbocycles. The Morgan fingerprint density at radius 1 is 1.25 bits per heavy atom. The van der Waals surface area contributed by atoms with Crippen LogP contribution in [0.1, 0.15) is 5.56 Å². The molecular weight excluding hydrogens is 270 g/mol. The first kappa shape index (κ1) is 11.0. The van der Waals surface area contributed by atoms with Crippen LogP contribution < -0.4 is 4.74 Å². The standard InChI is InChI=1S/C12H10BrNO2/c13-10-5-9(6-14-7-10)8-16-12-4-2-1-3-11(12)15/h1-7,15H,8H2. The minimum atomic E-state index is 0.144. The minimum absolute atomic E-state index is 0.144. The minimum Gasteiger partial charge on any atom is -0.504 e. The molecule has 0 aliphatic carbocycles. The van der Waals surface area contributed by atoms with Gasteiger partial charge in [-0.05, 0) is 34.1 Å². The number of ether oxygens (including phenoxy) is 1. The number of aromatic hydroxyl groups is 1. The monoisotopic (exact) mass is 279 g/mol. The van der Waals surface area contributed by atoms with Crippen LogP contribution in [-0.2, 0) is 6.61 Å². The van der Waals surface area contributed by atoms with Gasteiger partial charge < -0.3 is 9.84 Å². The van der Waals surface area contributed by atoms with Crippen molar-refractivity contribution < 1.29 is 9.84 Å². The number of rotatable bonds is 3. The number of phenolic OH excluding ortho intramolecular Hbond substituents is 1. The fourth-order valence-electron chi connectivity index (χ4n) is 1.28. The molecule has 3 nitrogen and oxygen atoms in total. The Labute approximate surface area is 102 Å². The summed E-state index contributed by atoms with van der Waals surface area (Å²) in [6.45, 7) is 0.379.